The van der Waals surface area contributed by atoms with Crippen LogP contribution in [0.4, 0.5) is 0 Å². The van der Waals surface area contributed by atoms with Gasteiger partial charge in [0.25, 0.3) is 0 Å². The lowest BCUT2D eigenvalue weighted by molar-refractivity contribution is -0.130. The Bertz CT molecular complexity index is 1060. The van der Waals surface area contributed by atoms with Crippen LogP contribution in [-0.4, -0.2) is 41.3 Å². The number of rotatable bonds is 9. The normalized spacial score (nSPS) is 16.3. The maximum absolute atomic E-state index is 12.2. The molecule has 6 heteroatoms. The summed E-state index contributed by atoms with van der Waals surface area (Å²) in [6, 6.07) is 16.6. The number of amides is 1. The third kappa shape index (κ3) is 5.93. The molecular weight excluding hydrogens is 414 g/mol. The molecule has 1 aliphatic heterocycles. The Morgan fingerprint density at radius 3 is 2.70 bits per heavy atom. The van der Waals surface area contributed by atoms with Crippen molar-refractivity contribution in [1.82, 2.24) is 14.9 Å². The minimum absolute atomic E-state index is 0.0129. The SMILES string of the molecule is CC(C)(C)c1ccc(OCCCn2c(CCNC(=O)C3CCCO3)nc3ccccc32)cc1. The van der Waals surface area contributed by atoms with E-state index in [0.717, 1.165) is 48.4 Å². The Morgan fingerprint density at radius 2 is 1.97 bits per heavy atom. The van der Waals surface area contributed by atoms with Crippen molar-refractivity contribution in [2.75, 3.05) is 19.8 Å². The number of aryl methyl sites for hydroxylation is 1. The molecule has 1 amide bonds. The smallest absolute Gasteiger partial charge is 0.249 e. The average molecular weight is 450 g/mol. The van der Waals surface area contributed by atoms with Gasteiger partial charge in [-0.3, -0.25) is 4.79 Å². The Hall–Kier alpha value is -2.86. The molecule has 1 unspecified atom stereocenters. The zero-order chi connectivity index (χ0) is 23.3. The predicted octanol–water partition coefficient (Wildman–Crippen LogP) is 4.64. The van der Waals surface area contributed by atoms with E-state index in [1.54, 1.807) is 0 Å². The van der Waals surface area contributed by atoms with E-state index in [-0.39, 0.29) is 17.4 Å². The highest BCUT2D eigenvalue weighted by Gasteiger charge is 2.23. The zero-order valence-corrected chi connectivity index (χ0v) is 20.0. The van der Waals surface area contributed by atoms with Gasteiger partial charge in [-0.2, -0.15) is 0 Å². The van der Waals surface area contributed by atoms with Gasteiger partial charge in [-0.1, -0.05) is 45.0 Å². The minimum Gasteiger partial charge on any atom is -0.494 e. The molecule has 6 nitrogen and oxygen atoms in total. The highest BCUT2D eigenvalue weighted by atomic mass is 16.5. The van der Waals surface area contributed by atoms with Crippen molar-refractivity contribution in [3.05, 3.63) is 59.9 Å². The van der Waals surface area contributed by atoms with Crippen molar-refractivity contribution in [2.24, 2.45) is 0 Å². The number of carbonyl (C=O) groups excluding carboxylic acids is 1. The minimum atomic E-state index is -0.293. The number of fused-ring (bicyclic) bond motifs is 1. The number of benzene rings is 2. The molecule has 0 spiro atoms. The van der Waals surface area contributed by atoms with Gasteiger partial charge in [0.1, 0.15) is 17.7 Å². The van der Waals surface area contributed by atoms with Gasteiger partial charge in [0.2, 0.25) is 5.91 Å². The van der Waals surface area contributed by atoms with Crippen molar-refractivity contribution in [3.8, 4) is 5.75 Å². The summed E-state index contributed by atoms with van der Waals surface area (Å²) in [5.74, 6) is 1.87. The molecule has 0 saturated carbocycles. The van der Waals surface area contributed by atoms with Crippen LogP contribution in [0.1, 0.15) is 51.4 Å². The molecule has 2 heterocycles. The molecule has 176 valence electrons. The molecule has 1 atom stereocenters. The summed E-state index contributed by atoms with van der Waals surface area (Å²) in [4.78, 5) is 17.1. The topological polar surface area (TPSA) is 65.4 Å². The molecule has 2 aromatic carbocycles. The second-order valence-electron chi connectivity index (χ2n) is 9.69. The van der Waals surface area contributed by atoms with E-state index in [4.69, 9.17) is 14.5 Å². The van der Waals surface area contributed by atoms with Gasteiger partial charge in [-0.25, -0.2) is 4.98 Å². The van der Waals surface area contributed by atoms with Crippen LogP contribution in [0.25, 0.3) is 11.0 Å². The van der Waals surface area contributed by atoms with Crippen LogP contribution in [-0.2, 0) is 27.9 Å². The second kappa shape index (κ2) is 10.4. The lowest BCUT2D eigenvalue weighted by Crippen LogP contribution is -2.35. The van der Waals surface area contributed by atoms with E-state index >= 15 is 0 Å². The number of hydrogen-bond donors (Lipinski definition) is 1. The summed E-state index contributed by atoms with van der Waals surface area (Å²) in [5, 5.41) is 3.01. The molecule has 1 saturated heterocycles. The van der Waals surface area contributed by atoms with E-state index in [0.29, 0.717) is 26.2 Å². The summed E-state index contributed by atoms with van der Waals surface area (Å²) < 4.78 is 13.7. The van der Waals surface area contributed by atoms with Crippen molar-refractivity contribution in [3.63, 3.8) is 0 Å². The molecule has 33 heavy (non-hydrogen) atoms. The molecule has 1 aromatic heterocycles. The molecule has 0 radical (unpaired) electrons. The number of imidazole rings is 1. The number of para-hydroxylation sites is 2. The first kappa shape index (κ1) is 23.3. The van der Waals surface area contributed by atoms with Gasteiger partial charge in [0, 0.05) is 26.1 Å². The standard InChI is InChI=1S/C27H35N3O3/c1-27(2,3)20-11-13-21(14-12-20)32-19-7-17-30-23-9-5-4-8-22(23)29-25(30)15-16-28-26(31)24-10-6-18-33-24/h4-5,8-9,11-14,24H,6-7,10,15-19H2,1-3H3,(H,28,31). The highest BCUT2D eigenvalue weighted by Crippen LogP contribution is 2.24. The van der Waals surface area contributed by atoms with Gasteiger partial charge >= 0.3 is 0 Å². The largest absolute Gasteiger partial charge is 0.494 e. The fraction of sp³-hybridized carbons (Fsp3) is 0.481. The number of nitrogens with one attached hydrogen (secondary N) is 1. The Balaban J connectivity index is 1.33. The maximum atomic E-state index is 12.2. The highest BCUT2D eigenvalue weighted by molar-refractivity contribution is 5.81. The lowest BCUT2D eigenvalue weighted by atomic mass is 9.87. The first-order chi connectivity index (χ1) is 15.9. The number of carbonyl (C=O) groups is 1. The lowest BCUT2D eigenvalue weighted by Gasteiger charge is -2.19. The van der Waals surface area contributed by atoms with Crippen molar-refractivity contribution >= 4 is 16.9 Å². The Labute approximate surface area is 196 Å². The number of nitrogens with zero attached hydrogens (tertiary/aromatic N) is 2. The van der Waals surface area contributed by atoms with Gasteiger partial charge in [0.15, 0.2) is 0 Å². The van der Waals surface area contributed by atoms with E-state index < -0.39 is 0 Å². The molecule has 0 bridgehead atoms. The van der Waals surface area contributed by atoms with Crippen molar-refractivity contribution < 1.29 is 14.3 Å². The third-order valence-corrected chi connectivity index (χ3v) is 6.12. The average Bonchev–Trinajstić information content (AvgIpc) is 3.45. The Morgan fingerprint density at radius 1 is 1.18 bits per heavy atom. The zero-order valence-electron chi connectivity index (χ0n) is 20.0. The van der Waals surface area contributed by atoms with Gasteiger partial charge in [-0.15, -0.1) is 0 Å². The van der Waals surface area contributed by atoms with E-state index in [9.17, 15) is 4.79 Å². The number of aromatic nitrogens is 2. The molecule has 1 fully saturated rings. The first-order valence-corrected chi connectivity index (χ1v) is 12.0. The molecular formula is C27H35N3O3. The maximum Gasteiger partial charge on any atom is 0.249 e. The summed E-state index contributed by atoms with van der Waals surface area (Å²) in [7, 11) is 0. The van der Waals surface area contributed by atoms with Crippen LogP contribution < -0.4 is 10.1 Å². The predicted molar refractivity (Wildman–Crippen MR) is 131 cm³/mol. The summed E-state index contributed by atoms with van der Waals surface area (Å²) in [5.41, 5.74) is 3.54. The summed E-state index contributed by atoms with van der Waals surface area (Å²) in [6.45, 7) is 9.32. The van der Waals surface area contributed by atoms with Gasteiger partial charge in [-0.05, 0) is 54.5 Å². The molecule has 4 rings (SSSR count). The molecule has 0 aliphatic carbocycles. The fourth-order valence-corrected chi connectivity index (χ4v) is 4.23. The Kier molecular flexibility index (Phi) is 7.33. The quantitative estimate of drug-likeness (QED) is 0.483. The second-order valence-corrected chi connectivity index (χ2v) is 9.69. The molecule has 1 N–H and O–H groups in total. The third-order valence-electron chi connectivity index (χ3n) is 6.12. The summed E-state index contributed by atoms with van der Waals surface area (Å²) in [6.07, 6.45) is 3.03. The first-order valence-electron chi connectivity index (χ1n) is 12.0. The van der Waals surface area contributed by atoms with Gasteiger partial charge in [0.05, 0.1) is 17.6 Å². The van der Waals surface area contributed by atoms with E-state index in [1.807, 2.05) is 18.2 Å². The van der Waals surface area contributed by atoms with E-state index in [2.05, 4.69) is 61.0 Å². The van der Waals surface area contributed by atoms with Crippen LogP contribution in [0.15, 0.2) is 48.5 Å². The van der Waals surface area contributed by atoms with Crippen LogP contribution in [0.2, 0.25) is 0 Å². The van der Waals surface area contributed by atoms with Crippen LogP contribution >= 0.6 is 0 Å². The number of hydrogen-bond acceptors (Lipinski definition) is 4. The van der Waals surface area contributed by atoms with E-state index in [1.165, 1.54) is 5.56 Å². The van der Waals surface area contributed by atoms with Crippen LogP contribution in [0.3, 0.4) is 0 Å². The fourth-order valence-electron chi connectivity index (χ4n) is 4.23. The van der Waals surface area contributed by atoms with Crippen molar-refractivity contribution in [2.45, 2.75) is 64.5 Å². The van der Waals surface area contributed by atoms with Gasteiger partial charge < -0.3 is 19.4 Å². The van der Waals surface area contributed by atoms with Crippen LogP contribution in [0.5, 0.6) is 5.75 Å². The number of ether oxygens (including phenoxy) is 2. The molecule has 1 aliphatic rings. The summed E-state index contributed by atoms with van der Waals surface area (Å²) >= 11 is 0. The van der Waals surface area contributed by atoms with Crippen LogP contribution in [0, 0.1) is 0 Å². The monoisotopic (exact) mass is 449 g/mol. The molecule has 3 aromatic rings. The van der Waals surface area contributed by atoms with Crippen molar-refractivity contribution in [1.29, 1.82) is 0 Å².